The summed E-state index contributed by atoms with van der Waals surface area (Å²) < 4.78 is 22.4. The Morgan fingerprint density at radius 2 is 1.83 bits per heavy atom. The zero-order valence-corrected chi connectivity index (χ0v) is 7.42. The van der Waals surface area contributed by atoms with Gasteiger partial charge in [0.2, 0.25) is 0 Å². The highest BCUT2D eigenvalue weighted by atomic mass is 32.2. The van der Waals surface area contributed by atoms with Gasteiger partial charge >= 0.3 is 0 Å². The van der Waals surface area contributed by atoms with Crippen molar-refractivity contribution in [3.05, 3.63) is 35.9 Å². The molecule has 0 bridgehead atoms. The second-order valence-corrected chi connectivity index (χ2v) is 5.36. The molecular formula is C9H10O2S. The molecule has 1 unspecified atom stereocenters. The molecule has 1 heterocycles. The summed E-state index contributed by atoms with van der Waals surface area (Å²) in [6.07, 6.45) is 0.784. The molecule has 1 aliphatic rings. The van der Waals surface area contributed by atoms with Gasteiger partial charge in [0, 0.05) is 0 Å². The third-order valence-corrected chi connectivity index (χ3v) is 4.45. The van der Waals surface area contributed by atoms with Gasteiger partial charge in [0.05, 0.1) is 11.0 Å². The fourth-order valence-corrected chi connectivity index (χ4v) is 2.90. The zero-order chi connectivity index (χ0) is 8.60. The Balaban J connectivity index is 2.34. The van der Waals surface area contributed by atoms with Crippen molar-refractivity contribution >= 4 is 9.84 Å². The molecule has 0 aromatic heterocycles. The minimum absolute atomic E-state index is 0.223. The maximum Gasteiger partial charge on any atom is 0.157 e. The normalized spacial score (nSPS) is 26.2. The van der Waals surface area contributed by atoms with E-state index in [1.165, 1.54) is 0 Å². The van der Waals surface area contributed by atoms with Gasteiger partial charge in [-0.2, -0.15) is 0 Å². The molecule has 1 aliphatic heterocycles. The highest BCUT2D eigenvalue weighted by molar-refractivity contribution is 7.93. The molecule has 1 atom stereocenters. The van der Waals surface area contributed by atoms with Crippen molar-refractivity contribution in [3.63, 3.8) is 0 Å². The fourth-order valence-electron chi connectivity index (χ4n) is 1.47. The number of hydrogen-bond donors (Lipinski definition) is 0. The van der Waals surface area contributed by atoms with E-state index in [4.69, 9.17) is 0 Å². The lowest BCUT2D eigenvalue weighted by Gasteiger charge is -2.25. The molecule has 3 heteroatoms. The number of benzene rings is 1. The third kappa shape index (κ3) is 1.14. The molecule has 0 saturated carbocycles. The van der Waals surface area contributed by atoms with E-state index in [-0.39, 0.29) is 5.25 Å². The summed E-state index contributed by atoms with van der Waals surface area (Å²) >= 11 is 0. The Labute approximate surface area is 72.1 Å². The highest BCUT2D eigenvalue weighted by Gasteiger charge is 2.36. The van der Waals surface area contributed by atoms with Crippen LogP contribution in [0.5, 0.6) is 0 Å². The summed E-state index contributed by atoms with van der Waals surface area (Å²) in [5.74, 6) is 0.354. The van der Waals surface area contributed by atoms with Crippen molar-refractivity contribution in [1.29, 1.82) is 0 Å². The average molecular weight is 182 g/mol. The first kappa shape index (κ1) is 7.80. The molecule has 0 aliphatic carbocycles. The van der Waals surface area contributed by atoms with Crippen LogP contribution < -0.4 is 0 Å². The molecule has 1 saturated heterocycles. The van der Waals surface area contributed by atoms with Crippen LogP contribution in [0.4, 0.5) is 0 Å². The van der Waals surface area contributed by atoms with Crippen molar-refractivity contribution in [2.45, 2.75) is 11.7 Å². The molecule has 1 fully saturated rings. The summed E-state index contributed by atoms with van der Waals surface area (Å²) in [4.78, 5) is 0. The van der Waals surface area contributed by atoms with Crippen LogP contribution in [0, 0.1) is 0 Å². The van der Waals surface area contributed by atoms with E-state index in [1.807, 2.05) is 30.3 Å². The molecular weight excluding hydrogens is 172 g/mol. The molecule has 0 amide bonds. The van der Waals surface area contributed by atoms with Gasteiger partial charge in [-0.1, -0.05) is 30.3 Å². The SMILES string of the molecule is O=S1(=O)CCC1c1ccccc1. The van der Waals surface area contributed by atoms with E-state index < -0.39 is 9.84 Å². The quantitative estimate of drug-likeness (QED) is 0.660. The molecule has 1 aromatic rings. The molecule has 0 radical (unpaired) electrons. The summed E-state index contributed by atoms with van der Waals surface area (Å²) in [5.41, 5.74) is 0.934. The minimum Gasteiger partial charge on any atom is -0.228 e. The first-order chi connectivity index (χ1) is 5.70. The summed E-state index contributed by atoms with van der Waals surface area (Å²) in [7, 11) is -2.78. The van der Waals surface area contributed by atoms with Gasteiger partial charge in [-0.3, -0.25) is 0 Å². The first-order valence-electron chi connectivity index (χ1n) is 3.97. The maximum absolute atomic E-state index is 11.2. The third-order valence-electron chi connectivity index (χ3n) is 2.27. The second kappa shape index (κ2) is 2.59. The van der Waals surface area contributed by atoms with Gasteiger partial charge in [0.1, 0.15) is 0 Å². The minimum atomic E-state index is -2.78. The van der Waals surface area contributed by atoms with Crippen molar-refractivity contribution in [2.75, 3.05) is 5.75 Å². The van der Waals surface area contributed by atoms with Crippen LogP contribution in [-0.2, 0) is 9.84 Å². The zero-order valence-electron chi connectivity index (χ0n) is 6.60. The standard InChI is InChI=1S/C9H10O2S/c10-12(11)7-6-9(12)8-4-2-1-3-5-8/h1-5,9H,6-7H2. The van der Waals surface area contributed by atoms with Gasteiger partial charge < -0.3 is 0 Å². The fraction of sp³-hybridized carbons (Fsp3) is 0.333. The molecule has 0 N–H and O–H groups in total. The topological polar surface area (TPSA) is 34.1 Å². The Morgan fingerprint density at radius 1 is 1.17 bits per heavy atom. The molecule has 0 spiro atoms. The van der Waals surface area contributed by atoms with E-state index in [0.717, 1.165) is 12.0 Å². The van der Waals surface area contributed by atoms with Crippen LogP contribution in [0.1, 0.15) is 17.2 Å². The van der Waals surface area contributed by atoms with Gasteiger partial charge in [-0.05, 0) is 12.0 Å². The van der Waals surface area contributed by atoms with Crippen molar-refractivity contribution < 1.29 is 8.42 Å². The lowest BCUT2D eigenvalue weighted by molar-refractivity contribution is 0.553. The van der Waals surface area contributed by atoms with Crippen molar-refractivity contribution in [3.8, 4) is 0 Å². The molecule has 12 heavy (non-hydrogen) atoms. The largest absolute Gasteiger partial charge is 0.228 e. The average Bonchev–Trinajstić information content (AvgIpc) is 2.05. The first-order valence-corrected chi connectivity index (χ1v) is 5.68. The monoisotopic (exact) mass is 182 g/mol. The van der Waals surface area contributed by atoms with E-state index in [0.29, 0.717) is 5.75 Å². The van der Waals surface area contributed by atoms with Crippen LogP contribution in [-0.4, -0.2) is 14.2 Å². The number of sulfone groups is 1. The lowest BCUT2D eigenvalue weighted by Crippen LogP contribution is -2.28. The van der Waals surface area contributed by atoms with Crippen molar-refractivity contribution in [1.82, 2.24) is 0 Å². The molecule has 1 aromatic carbocycles. The van der Waals surface area contributed by atoms with Gasteiger partial charge in [0.25, 0.3) is 0 Å². The van der Waals surface area contributed by atoms with Crippen LogP contribution >= 0.6 is 0 Å². The maximum atomic E-state index is 11.2. The van der Waals surface area contributed by atoms with Gasteiger partial charge in [0.15, 0.2) is 9.84 Å². The summed E-state index contributed by atoms with van der Waals surface area (Å²) in [5, 5.41) is -0.223. The molecule has 2 rings (SSSR count). The summed E-state index contributed by atoms with van der Waals surface area (Å²) in [6, 6.07) is 9.41. The van der Waals surface area contributed by atoms with Crippen LogP contribution in [0.15, 0.2) is 30.3 Å². The summed E-state index contributed by atoms with van der Waals surface area (Å²) in [6.45, 7) is 0. The highest BCUT2D eigenvalue weighted by Crippen LogP contribution is 2.35. The number of rotatable bonds is 1. The van der Waals surface area contributed by atoms with Gasteiger partial charge in [-0.15, -0.1) is 0 Å². The van der Waals surface area contributed by atoms with E-state index in [2.05, 4.69) is 0 Å². The predicted octanol–water partition coefficient (Wildman–Crippen LogP) is 1.55. The van der Waals surface area contributed by atoms with E-state index in [9.17, 15) is 8.42 Å². The molecule has 64 valence electrons. The van der Waals surface area contributed by atoms with Gasteiger partial charge in [-0.25, -0.2) is 8.42 Å². The van der Waals surface area contributed by atoms with E-state index in [1.54, 1.807) is 0 Å². The van der Waals surface area contributed by atoms with Crippen LogP contribution in [0.25, 0.3) is 0 Å². The molecule has 2 nitrogen and oxygen atoms in total. The van der Waals surface area contributed by atoms with E-state index >= 15 is 0 Å². The Morgan fingerprint density at radius 3 is 2.25 bits per heavy atom. The van der Waals surface area contributed by atoms with Crippen LogP contribution in [0.2, 0.25) is 0 Å². The Kier molecular flexibility index (Phi) is 1.68. The smallest absolute Gasteiger partial charge is 0.157 e. The second-order valence-electron chi connectivity index (χ2n) is 3.05. The van der Waals surface area contributed by atoms with Crippen LogP contribution in [0.3, 0.4) is 0 Å². The lowest BCUT2D eigenvalue weighted by atomic mass is 10.1. The predicted molar refractivity (Wildman–Crippen MR) is 47.6 cm³/mol. The Bertz CT molecular complexity index is 367. The Hall–Kier alpha value is -0.830. The van der Waals surface area contributed by atoms with Crippen molar-refractivity contribution in [2.24, 2.45) is 0 Å². The number of hydrogen-bond acceptors (Lipinski definition) is 2.